The second-order valence-electron chi connectivity index (χ2n) is 6.06. The second kappa shape index (κ2) is 6.22. The lowest BCUT2D eigenvalue weighted by molar-refractivity contribution is 0.274. The smallest absolute Gasteiger partial charge is 0.238 e. The van der Waals surface area contributed by atoms with Gasteiger partial charge in [0, 0.05) is 11.6 Å². The molecular weight excluding hydrogens is 264 g/mol. The van der Waals surface area contributed by atoms with Gasteiger partial charge in [-0.05, 0) is 29.5 Å². The predicted octanol–water partition coefficient (Wildman–Crippen LogP) is 3.62. The van der Waals surface area contributed by atoms with E-state index in [1.165, 1.54) is 5.56 Å². The van der Waals surface area contributed by atoms with E-state index in [9.17, 15) is 0 Å². The molecule has 2 aromatic rings. The Bertz CT molecular complexity index is 601. The molecular formula is C17H22N2O2. The van der Waals surface area contributed by atoms with Crippen molar-refractivity contribution in [2.75, 3.05) is 0 Å². The minimum Gasteiger partial charge on any atom is -0.437 e. The van der Waals surface area contributed by atoms with Crippen molar-refractivity contribution < 1.29 is 9.84 Å². The molecule has 0 atom stereocenters. The van der Waals surface area contributed by atoms with Gasteiger partial charge in [0.2, 0.25) is 5.88 Å². The lowest BCUT2D eigenvalue weighted by Gasteiger charge is -2.23. The van der Waals surface area contributed by atoms with E-state index in [4.69, 9.17) is 9.84 Å². The van der Waals surface area contributed by atoms with E-state index in [0.717, 1.165) is 17.7 Å². The highest BCUT2D eigenvalue weighted by Crippen LogP contribution is 2.34. The van der Waals surface area contributed by atoms with Crippen LogP contribution in [0.25, 0.3) is 0 Å². The summed E-state index contributed by atoms with van der Waals surface area (Å²) in [7, 11) is 0. The molecule has 1 aromatic heterocycles. The average Bonchev–Trinajstić information content (AvgIpc) is 2.47. The van der Waals surface area contributed by atoms with Crippen LogP contribution in [0.4, 0.5) is 0 Å². The number of hydrogen-bond acceptors (Lipinski definition) is 4. The molecule has 0 fully saturated rings. The van der Waals surface area contributed by atoms with Gasteiger partial charge < -0.3 is 9.84 Å². The van der Waals surface area contributed by atoms with Crippen molar-refractivity contribution in [1.29, 1.82) is 0 Å². The SMILES string of the molecule is CCc1ccc(Oc2ccc(CO)nn2)c(C(C)(C)C)c1. The zero-order valence-corrected chi connectivity index (χ0v) is 13.1. The first-order chi connectivity index (χ1) is 9.94. The second-order valence-corrected chi connectivity index (χ2v) is 6.06. The maximum atomic E-state index is 8.98. The van der Waals surface area contributed by atoms with Gasteiger partial charge in [-0.2, -0.15) is 0 Å². The summed E-state index contributed by atoms with van der Waals surface area (Å²) in [6, 6.07) is 9.67. The number of rotatable bonds is 4. The Labute approximate surface area is 125 Å². The summed E-state index contributed by atoms with van der Waals surface area (Å²) >= 11 is 0. The first-order valence-corrected chi connectivity index (χ1v) is 7.18. The molecule has 1 heterocycles. The third kappa shape index (κ3) is 3.79. The van der Waals surface area contributed by atoms with Gasteiger partial charge in [-0.15, -0.1) is 10.2 Å². The Morgan fingerprint density at radius 3 is 2.38 bits per heavy atom. The molecule has 0 aliphatic rings. The number of aliphatic hydroxyl groups excluding tert-OH is 1. The largest absolute Gasteiger partial charge is 0.437 e. The molecule has 4 nitrogen and oxygen atoms in total. The Hall–Kier alpha value is -1.94. The van der Waals surface area contributed by atoms with E-state index < -0.39 is 0 Å². The molecule has 0 aliphatic carbocycles. The van der Waals surface area contributed by atoms with Crippen LogP contribution >= 0.6 is 0 Å². The van der Waals surface area contributed by atoms with Gasteiger partial charge in [0.1, 0.15) is 5.75 Å². The summed E-state index contributed by atoms with van der Waals surface area (Å²) in [6.07, 6.45) is 0.994. The fourth-order valence-electron chi connectivity index (χ4n) is 2.07. The highest BCUT2D eigenvalue weighted by atomic mass is 16.5. The van der Waals surface area contributed by atoms with Crippen LogP contribution in [0.1, 0.15) is 44.5 Å². The van der Waals surface area contributed by atoms with Gasteiger partial charge in [-0.25, -0.2) is 0 Å². The molecule has 0 bridgehead atoms. The van der Waals surface area contributed by atoms with Crippen LogP contribution in [0.2, 0.25) is 0 Å². The summed E-state index contributed by atoms with van der Waals surface area (Å²) < 4.78 is 5.88. The molecule has 4 heteroatoms. The molecule has 0 radical (unpaired) electrons. The number of aryl methyl sites for hydroxylation is 1. The van der Waals surface area contributed by atoms with E-state index in [1.807, 2.05) is 6.07 Å². The Balaban J connectivity index is 2.34. The third-order valence-electron chi connectivity index (χ3n) is 3.33. The fraction of sp³-hybridized carbons (Fsp3) is 0.412. The van der Waals surface area contributed by atoms with E-state index in [0.29, 0.717) is 11.6 Å². The topological polar surface area (TPSA) is 55.2 Å². The fourth-order valence-corrected chi connectivity index (χ4v) is 2.07. The summed E-state index contributed by atoms with van der Waals surface area (Å²) in [4.78, 5) is 0. The van der Waals surface area contributed by atoms with E-state index >= 15 is 0 Å². The number of aliphatic hydroxyl groups is 1. The Morgan fingerprint density at radius 2 is 1.86 bits per heavy atom. The Kier molecular flexibility index (Phi) is 4.58. The van der Waals surface area contributed by atoms with Gasteiger partial charge in [0.15, 0.2) is 0 Å². The Morgan fingerprint density at radius 1 is 1.10 bits per heavy atom. The molecule has 0 saturated heterocycles. The molecule has 0 unspecified atom stereocenters. The molecule has 0 aliphatic heterocycles. The van der Waals surface area contributed by atoms with E-state index in [-0.39, 0.29) is 12.0 Å². The van der Waals surface area contributed by atoms with Crippen molar-refractivity contribution in [3.63, 3.8) is 0 Å². The molecule has 2 rings (SSSR count). The molecule has 0 amide bonds. The predicted molar refractivity (Wildman–Crippen MR) is 82.5 cm³/mol. The van der Waals surface area contributed by atoms with Crippen molar-refractivity contribution in [3.8, 4) is 11.6 Å². The summed E-state index contributed by atoms with van der Waals surface area (Å²) in [5.41, 5.74) is 2.95. The van der Waals surface area contributed by atoms with Crippen molar-refractivity contribution in [2.24, 2.45) is 0 Å². The zero-order chi connectivity index (χ0) is 15.5. The van der Waals surface area contributed by atoms with Crippen LogP contribution in [0, 0.1) is 0 Å². The number of aromatic nitrogens is 2. The summed E-state index contributed by atoms with van der Waals surface area (Å²) in [5.74, 6) is 1.23. The number of ether oxygens (including phenoxy) is 1. The van der Waals surface area contributed by atoms with Gasteiger partial charge >= 0.3 is 0 Å². The lowest BCUT2D eigenvalue weighted by atomic mass is 9.85. The maximum Gasteiger partial charge on any atom is 0.238 e. The van der Waals surface area contributed by atoms with Crippen LogP contribution < -0.4 is 4.74 Å². The minimum atomic E-state index is -0.119. The van der Waals surface area contributed by atoms with Gasteiger partial charge in [-0.1, -0.05) is 39.8 Å². The van der Waals surface area contributed by atoms with E-state index in [2.05, 4.69) is 50.0 Å². The molecule has 112 valence electrons. The monoisotopic (exact) mass is 286 g/mol. The van der Waals surface area contributed by atoms with Crippen LogP contribution in [0.3, 0.4) is 0 Å². The minimum absolute atomic E-state index is 0.0149. The molecule has 1 aromatic carbocycles. The van der Waals surface area contributed by atoms with Crippen LogP contribution in [0.5, 0.6) is 11.6 Å². The van der Waals surface area contributed by atoms with Crippen molar-refractivity contribution in [3.05, 3.63) is 47.2 Å². The van der Waals surface area contributed by atoms with Crippen molar-refractivity contribution >= 4 is 0 Å². The standard InChI is InChI=1S/C17H22N2O2/c1-5-12-6-8-15(14(10-12)17(2,3)4)21-16-9-7-13(11-20)18-19-16/h6-10,20H,5,11H2,1-4H3. The van der Waals surface area contributed by atoms with E-state index in [1.54, 1.807) is 12.1 Å². The maximum absolute atomic E-state index is 8.98. The summed E-state index contributed by atoms with van der Waals surface area (Å²) in [6.45, 7) is 8.51. The normalized spacial score (nSPS) is 11.5. The van der Waals surface area contributed by atoms with Crippen molar-refractivity contribution in [1.82, 2.24) is 10.2 Å². The highest BCUT2D eigenvalue weighted by molar-refractivity contribution is 5.43. The number of hydrogen-bond donors (Lipinski definition) is 1. The summed E-state index contributed by atoms with van der Waals surface area (Å²) in [5, 5.41) is 16.9. The van der Waals surface area contributed by atoms with Crippen LogP contribution in [-0.2, 0) is 18.4 Å². The molecule has 0 saturated carbocycles. The molecule has 0 spiro atoms. The number of benzene rings is 1. The van der Waals surface area contributed by atoms with Gasteiger partial charge in [0.25, 0.3) is 0 Å². The van der Waals surface area contributed by atoms with Gasteiger partial charge in [-0.3, -0.25) is 0 Å². The molecule has 21 heavy (non-hydrogen) atoms. The van der Waals surface area contributed by atoms with Crippen molar-refractivity contribution in [2.45, 2.75) is 46.1 Å². The zero-order valence-electron chi connectivity index (χ0n) is 13.1. The third-order valence-corrected chi connectivity index (χ3v) is 3.33. The van der Waals surface area contributed by atoms with Crippen LogP contribution in [-0.4, -0.2) is 15.3 Å². The first-order valence-electron chi connectivity index (χ1n) is 7.18. The van der Waals surface area contributed by atoms with Crippen LogP contribution in [0.15, 0.2) is 30.3 Å². The lowest BCUT2D eigenvalue weighted by Crippen LogP contribution is -2.13. The molecule has 1 N–H and O–H groups in total. The van der Waals surface area contributed by atoms with Gasteiger partial charge in [0.05, 0.1) is 12.3 Å². The first kappa shape index (κ1) is 15.4. The average molecular weight is 286 g/mol. The quantitative estimate of drug-likeness (QED) is 0.932. The highest BCUT2D eigenvalue weighted by Gasteiger charge is 2.20. The number of nitrogens with zero attached hydrogens (tertiary/aromatic N) is 2.